The SMILES string of the molecule is O.O.O=c1cc(-c2ccc(O)cc2)oc2cc(O)cc(O)c12. The molecule has 7 N–H and O–H groups in total. The predicted octanol–water partition coefficient (Wildman–Crippen LogP) is 0.927. The Morgan fingerprint density at radius 1 is 0.818 bits per heavy atom. The van der Waals surface area contributed by atoms with Gasteiger partial charge in [0.05, 0.1) is 0 Å². The number of hydrogen-bond acceptors (Lipinski definition) is 5. The lowest BCUT2D eigenvalue weighted by Crippen LogP contribution is -2.00. The lowest BCUT2D eigenvalue weighted by Gasteiger charge is -2.05. The number of rotatable bonds is 1. The van der Waals surface area contributed by atoms with Gasteiger partial charge in [-0.15, -0.1) is 0 Å². The molecule has 1 heterocycles. The second kappa shape index (κ2) is 6.17. The van der Waals surface area contributed by atoms with Crippen LogP contribution < -0.4 is 5.43 Å². The Bertz CT molecular complexity index is 850. The van der Waals surface area contributed by atoms with E-state index in [9.17, 15) is 20.1 Å². The first kappa shape index (κ1) is 17.0. The van der Waals surface area contributed by atoms with E-state index < -0.39 is 5.43 Å². The molecule has 0 fully saturated rings. The van der Waals surface area contributed by atoms with Crippen molar-refractivity contribution in [3.63, 3.8) is 0 Å². The van der Waals surface area contributed by atoms with Crippen LogP contribution in [0.25, 0.3) is 22.3 Å². The van der Waals surface area contributed by atoms with Crippen LogP contribution >= 0.6 is 0 Å². The maximum Gasteiger partial charge on any atom is 0.197 e. The van der Waals surface area contributed by atoms with E-state index >= 15 is 0 Å². The molecule has 2 aromatic carbocycles. The Morgan fingerprint density at radius 3 is 2.09 bits per heavy atom. The normalized spacial score (nSPS) is 9.82. The molecule has 22 heavy (non-hydrogen) atoms. The molecule has 0 radical (unpaired) electrons. The predicted molar refractivity (Wildman–Crippen MR) is 80.1 cm³/mol. The fraction of sp³-hybridized carbons (Fsp3) is 0. The van der Waals surface area contributed by atoms with Gasteiger partial charge in [0, 0.05) is 23.8 Å². The van der Waals surface area contributed by atoms with Gasteiger partial charge in [-0.2, -0.15) is 0 Å². The summed E-state index contributed by atoms with van der Waals surface area (Å²) in [6.45, 7) is 0. The van der Waals surface area contributed by atoms with Crippen molar-refractivity contribution < 1.29 is 30.7 Å². The van der Waals surface area contributed by atoms with E-state index in [-0.39, 0.29) is 44.9 Å². The van der Waals surface area contributed by atoms with Gasteiger partial charge in [-0.1, -0.05) is 0 Å². The standard InChI is InChI=1S/C15H10O5.2H2O/c16-9-3-1-8(2-4-9)13-7-12(19)15-11(18)5-10(17)6-14(15)20-13;;/h1-7,16-18H;2*1H2. The number of hydrogen-bond donors (Lipinski definition) is 3. The lowest BCUT2D eigenvalue weighted by atomic mass is 10.1. The van der Waals surface area contributed by atoms with Gasteiger partial charge in [0.2, 0.25) is 0 Å². The number of phenolic OH excluding ortho intramolecular Hbond substituents is 3. The van der Waals surface area contributed by atoms with Crippen LogP contribution in [0.15, 0.2) is 51.7 Å². The summed E-state index contributed by atoms with van der Waals surface area (Å²) in [5, 5.41) is 28.4. The Morgan fingerprint density at radius 2 is 1.45 bits per heavy atom. The van der Waals surface area contributed by atoms with Crippen LogP contribution in [0.3, 0.4) is 0 Å². The number of fused-ring (bicyclic) bond motifs is 1. The second-order valence-electron chi connectivity index (χ2n) is 4.36. The van der Waals surface area contributed by atoms with Crippen LogP contribution in [0.4, 0.5) is 0 Å². The van der Waals surface area contributed by atoms with Crippen LogP contribution in [0, 0.1) is 0 Å². The van der Waals surface area contributed by atoms with E-state index in [1.54, 1.807) is 12.1 Å². The van der Waals surface area contributed by atoms with Crippen molar-refractivity contribution >= 4 is 11.0 Å². The number of phenols is 3. The van der Waals surface area contributed by atoms with Gasteiger partial charge in [-0.3, -0.25) is 4.79 Å². The summed E-state index contributed by atoms with van der Waals surface area (Å²) in [7, 11) is 0. The zero-order chi connectivity index (χ0) is 14.3. The molecule has 7 nitrogen and oxygen atoms in total. The average Bonchev–Trinajstić information content (AvgIpc) is 2.38. The van der Waals surface area contributed by atoms with Crippen molar-refractivity contribution in [3.8, 4) is 28.6 Å². The fourth-order valence-electron chi connectivity index (χ4n) is 2.02. The topological polar surface area (TPSA) is 154 Å². The monoisotopic (exact) mass is 306 g/mol. The molecule has 0 saturated carbocycles. The molecular weight excluding hydrogens is 292 g/mol. The highest BCUT2D eigenvalue weighted by Crippen LogP contribution is 2.30. The molecule has 1 aromatic heterocycles. The maximum absolute atomic E-state index is 12.0. The number of aromatic hydroxyl groups is 3. The molecule has 7 heteroatoms. The van der Waals surface area contributed by atoms with Crippen molar-refractivity contribution in [1.82, 2.24) is 0 Å². The first-order valence-electron chi connectivity index (χ1n) is 5.84. The molecule has 0 atom stereocenters. The first-order chi connectivity index (χ1) is 9.54. The molecule has 0 aliphatic carbocycles. The van der Waals surface area contributed by atoms with E-state index in [0.29, 0.717) is 5.56 Å². The third-order valence-electron chi connectivity index (χ3n) is 2.95. The van der Waals surface area contributed by atoms with Crippen molar-refractivity contribution in [1.29, 1.82) is 0 Å². The van der Waals surface area contributed by atoms with E-state index in [1.165, 1.54) is 24.3 Å². The molecule has 0 bridgehead atoms. The molecule has 0 aliphatic rings. The molecule has 3 aromatic rings. The smallest absolute Gasteiger partial charge is 0.197 e. The highest BCUT2D eigenvalue weighted by atomic mass is 16.3. The highest BCUT2D eigenvalue weighted by Gasteiger charge is 2.11. The minimum absolute atomic E-state index is 0. The van der Waals surface area contributed by atoms with Gasteiger partial charge in [0.1, 0.15) is 34.0 Å². The van der Waals surface area contributed by atoms with Crippen molar-refractivity contribution in [2.45, 2.75) is 0 Å². The van der Waals surface area contributed by atoms with Crippen LogP contribution in [0.1, 0.15) is 0 Å². The zero-order valence-electron chi connectivity index (χ0n) is 11.2. The van der Waals surface area contributed by atoms with Crippen molar-refractivity contribution in [2.75, 3.05) is 0 Å². The molecule has 0 spiro atoms. The van der Waals surface area contributed by atoms with Gasteiger partial charge >= 0.3 is 0 Å². The van der Waals surface area contributed by atoms with Crippen LogP contribution in [0.5, 0.6) is 17.2 Å². The third-order valence-corrected chi connectivity index (χ3v) is 2.95. The molecular formula is C15H14O7. The molecule has 0 saturated heterocycles. The van der Waals surface area contributed by atoms with Gasteiger partial charge < -0.3 is 30.7 Å². The van der Waals surface area contributed by atoms with Crippen LogP contribution in [-0.4, -0.2) is 26.3 Å². The van der Waals surface area contributed by atoms with E-state index in [2.05, 4.69) is 0 Å². The first-order valence-corrected chi connectivity index (χ1v) is 5.84. The quantitative estimate of drug-likeness (QED) is 0.610. The van der Waals surface area contributed by atoms with Crippen LogP contribution in [0.2, 0.25) is 0 Å². The summed E-state index contributed by atoms with van der Waals surface area (Å²) in [5.74, 6) is -0.133. The van der Waals surface area contributed by atoms with Crippen LogP contribution in [-0.2, 0) is 0 Å². The molecule has 0 aliphatic heterocycles. The van der Waals surface area contributed by atoms with E-state index in [0.717, 1.165) is 6.07 Å². The Kier molecular flexibility index (Phi) is 4.77. The van der Waals surface area contributed by atoms with Gasteiger partial charge in [-0.25, -0.2) is 0 Å². The summed E-state index contributed by atoms with van der Waals surface area (Å²) in [6.07, 6.45) is 0. The van der Waals surface area contributed by atoms with E-state index in [1.807, 2.05) is 0 Å². The minimum Gasteiger partial charge on any atom is -0.508 e. The summed E-state index contributed by atoms with van der Waals surface area (Å²) >= 11 is 0. The largest absolute Gasteiger partial charge is 0.508 e. The van der Waals surface area contributed by atoms with E-state index in [4.69, 9.17) is 4.42 Å². The fourth-order valence-corrected chi connectivity index (χ4v) is 2.02. The summed E-state index contributed by atoms with van der Waals surface area (Å²) in [4.78, 5) is 12.0. The average molecular weight is 306 g/mol. The highest BCUT2D eigenvalue weighted by molar-refractivity contribution is 5.85. The molecule has 3 rings (SSSR count). The zero-order valence-corrected chi connectivity index (χ0v) is 11.2. The van der Waals surface area contributed by atoms with Gasteiger partial charge in [0.25, 0.3) is 0 Å². The minimum atomic E-state index is -0.410. The summed E-state index contributed by atoms with van der Waals surface area (Å²) in [6, 6.07) is 9.74. The summed E-state index contributed by atoms with van der Waals surface area (Å²) in [5.41, 5.74) is 0.287. The van der Waals surface area contributed by atoms with Crippen molar-refractivity contribution in [3.05, 3.63) is 52.7 Å². The lowest BCUT2D eigenvalue weighted by molar-refractivity contribution is 0.452. The number of benzene rings is 2. The summed E-state index contributed by atoms with van der Waals surface area (Å²) < 4.78 is 5.53. The second-order valence-corrected chi connectivity index (χ2v) is 4.36. The Balaban J connectivity index is 0.00000121. The Labute approximate surface area is 123 Å². The molecule has 0 amide bonds. The maximum atomic E-state index is 12.0. The molecule has 116 valence electrons. The molecule has 0 unspecified atom stereocenters. The Hall–Kier alpha value is -3.03. The third kappa shape index (κ3) is 2.85. The van der Waals surface area contributed by atoms with Crippen molar-refractivity contribution in [2.24, 2.45) is 0 Å². The van der Waals surface area contributed by atoms with Gasteiger partial charge in [-0.05, 0) is 24.3 Å². The van der Waals surface area contributed by atoms with Gasteiger partial charge in [0.15, 0.2) is 5.43 Å².